The van der Waals surface area contributed by atoms with Crippen LogP contribution in [0.3, 0.4) is 0 Å². The molecular weight excluding hydrogens is 639 g/mol. The number of amides is 1. The molecule has 0 aliphatic carbocycles. The lowest BCUT2D eigenvalue weighted by Gasteiger charge is -2.20. The third-order valence-electron chi connectivity index (χ3n) is 10.9. The van der Waals surface area contributed by atoms with Crippen molar-refractivity contribution < 1.29 is 15.0 Å². The summed E-state index contributed by atoms with van der Waals surface area (Å²) >= 11 is 0. The zero-order chi connectivity index (χ0) is 37.8. The predicted molar refractivity (Wildman–Crippen MR) is 230 cm³/mol. The Bertz CT molecular complexity index is 750. The minimum atomic E-state index is -0.835. The molecular formula is C48H93NO3. The molecule has 1 amide bonds. The van der Waals surface area contributed by atoms with Gasteiger partial charge in [0.15, 0.2) is 0 Å². The lowest BCUT2D eigenvalue weighted by molar-refractivity contribution is -0.123. The van der Waals surface area contributed by atoms with Gasteiger partial charge in [0, 0.05) is 6.42 Å². The molecule has 0 aromatic rings. The number of carbonyl (C=O) groups excluding carboxylic acids is 1. The SMILES string of the molecule is CCCCCCCCCCCC/C=C/C(O)C(CO)NC(=O)CCCCCCCCCCCCCC/C=C\CCCCCCCCCCCCCC. The van der Waals surface area contributed by atoms with E-state index in [0.29, 0.717) is 6.42 Å². The fourth-order valence-electron chi connectivity index (χ4n) is 7.29. The molecule has 4 nitrogen and oxygen atoms in total. The number of aliphatic hydroxyl groups excluding tert-OH is 2. The summed E-state index contributed by atoms with van der Waals surface area (Å²) in [5, 5.41) is 23.0. The Morgan fingerprint density at radius 1 is 0.442 bits per heavy atom. The second-order valence-corrected chi connectivity index (χ2v) is 16.2. The molecule has 0 fully saturated rings. The summed E-state index contributed by atoms with van der Waals surface area (Å²) in [5.74, 6) is -0.0629. The van der Waals surface area contributed by atoms with Crippen LogP contribution in [0.4, 0.5) is 0 Å². The van der Waals surface area contributed by atoms with Crippen LogP contribution in [0.15, 0.2) is 24.3 Å². The summed E-state index contributed by atoms with van der Waals surface area (Å²) < 4.78 is 0. The van der Waals surface area contributed by atoms with Gasteiger partial charge in [0.05, 0.1) is 18.8 Å². The molecule has 0 aliphatic rings. The van der Waals surface area contributed by atoms with Crippen molar-refractivity contribution in [1.82, 2.24) is 5.32 Å². The van der Waals surface area contributed by atoms with Crippen LogP contribution in [0, 0.1) is 0 Å². The van der Waals surface area contributed by atoms with Crippen molar-refractivity contribution >= 4 is 5.91 Å². The summed E-state index contributed by atoms with van der Waals surface area (Å²) in [5.41, 5.74) is 0. The highest BCUT2D eigenvalue weighted by molar-refractivity contribution is 5.76. The van der Waals surface area contributed by atoms with Crippen molar-refractivity contribution in [1.29, 1.82) is 0 Å². The quantitative estimate of drug-likeness (QED) is 0.0432. The van der Waals surface area contributed by atoms with E-state index < -0.39 is 12.1 Å². The first-order chi connectivity index (χ1) is 25.7. The third-order valence-corrected chi connectivity index (χ3v) is 10.9. The van der Waals surface area contributed by atoms with Crippen LogP contribution in [-0.4, -0.2) is 34.9 Å². The highest BCUT2D eigenvalue weighted by atomic mass is 16.3. The summed E-state index contributed by atoms with van der Waals surface area (Å²) in [4.78, 5) is 12.4. The van der Waals surface area contributed by atoms with Crippen LogP contribution in [0.1, 0.15) is 258 Å². The molecule has 0 bridgehead atoms. The van der Waals surface area contributed by atoms with Crippen LogP contribution in [0.25, 0.3) is 0 Å². The number of hydrogen-bond acceptors (Lipinski definition) is 3. The monoisotopic (exact) mass is 732 g/mol. The summed E-state index contributed by atoms with van der Waals surface area (Å²) in [6, 6.07) is -0.618. The minimum absolute atomic E-state index is 0.0629. The molecule has 0 aliphatic heterocycles. The van der Waals surface area contributed by atoms with Gasteiger partial charge in [-0.05, 0) is 44.9 Å². The molecule has 3 N–H and O–H groups in total. The van der Waals surface area contributed by atoms with Crippen LogP contribution < -0.4 is 5.32 Å². The van der Waals surface area contributed by atoms with E-state index in [2.05, 4.69) is 31.3 Å². The van der Waals surface area contributed by atoms with E-state index in [0.717, 1.165) is 25.7 Å². The Kier molecular flexibility index (Phi) is 43.3. The van der Waals surface area contributed by atoms with Crippen LogP contribution in [0.2, 0.25) is 0 Å². The van der Waals surface area contributed by atoms with E-state index in [-0.39, 0.29) is 12.5 Å². The first-order valence-corrected chi connectivity index (χ1v) is 23.6. The van der Waals surface area contributed by atoms with Gasteiger partial charge in [0.2, 0.25) is 5.91 Å². The predicted octanol–water partition coefficient (Wildman–Crippen LogP) is 14.8. The van der Waals surface area contributed by atoms with Gasteiger partial charge in [-0.25, -0.2) is 0 Å². The average molecular weight is 732 g/mol. The molecule has 0 saturated carbocycles. The van der Waals surface area contributed by atoms with Gasteiger partial charge >= 0.3 is 0 Å². The van der Waals surface area contributed by atoms with Crippen molar-refractivity contribution in [2.75, 3.05) is 6.61 Å². The van der Waals surface area contributed by atoms with Crippen molar-refractivity contribution in [3.63, 3.8) is 0 Å². The van der Waals surface area contributed by atoms with Gasteiger partial charge in [-0.15, -0.1) is 0 Å². The van der Waals surface area contributed by atoms with Gasteiger partial charge in [-0.2, -0.15) is 0 Å². The zero-order valence-corrected chi connectivity index (χ0v) is 35.3. The molecule has 0 saturated heterocycles. The van der Waals surface area contributed by atoms with E-state index in [1.807, 2.05) is 6.08 Å². The van der Waals surface area contributed by atoms with Crippen molar-refractivity contribution in [3.8, 4) is 0 Å². The number of hydrogen-bond donors (Lipinski definition) is 3. The molecule has 0 heterocycles. The lowest BCUT2D eigenvalue weighted by atomic mass is 10.0. The minimum Gasteiger partial charge on any atom is -0.394 e. The van der Waals surface area contributed by atoms with E-state index in [9.17, 15) is 15.0 Å². The Hall–Kier alpha value is -1.13. The van der Waals surface area contributed by atoms with Gasteiger partial charge in [0.25, 0.3) is 0 Å². The van der Waals surface area contributed by atoms with E-state index in [1.165, 1.54) is 212 Å². The Balaban J connectivity index is 3.46. The van der Waals surface area contributed by atoms with Crippen molar-refractivity contribution in [2.24, 2.45) is 0 Å². The fraction of sp³-hybridized carbons (Fsp3) is 0.896. The first kappa shape index (κ1) is 50.9. The summed E-state index contributed by atoms with van der Waals surface area (Å²) in [6.45, 7) is 4.31. The number of aliphatic hydroxyl groups is 2. The maximum Gasteiger partial charge on any atom is 0.220 e. The first-order valence-electron chi connectivity index (χ1n) is 23.6. The topological polar surface area (TPSA) is 69.6 Å². The Morgan fingerprint density at radius 3 is 1.06 bits per heavy atom. The second-order valence-electron chi connectivity index (χ2n) is 16.2. The maximum atomic E-state index is 12.4. The average Bonchev–Trinajstić information content (AvgIpc) is 3.15. The van der Waals surface area contributed by atoms with Crippen LogP contribution in [0.5, 0.6) is 0 Å². The number of carbonyl (C=O) groups is 1. The number of unbranched alkanes of at least 4 members (excludes halogenated alkanes) is 34. The zero-order valence-electron chi connectivity index (χ0n) is 35.3. The molecule has 0 aromatic carbocycles. The number of allylic oxidation sites excluding steroid dienone is 3. The molecule has 52 heavy (non-hydrogen) atoms. The standard InChI is InChI=1S/C48H93NO3/c1-3-5-7-9-11-13-15-17-18-19-20-21-22-23-24-25-26-27-28-29-30-31-32-34-36-38-40-42-44-48(52)49-46(45-50)47(51)43-41-39-37-35-33-16-14-12-10-8-6-4-2/h23-24,41,43,46-47,50-51H,3-22,25-40,42,44-45H2,1-2H3,(H,49,52)/b24-23-,43-41+. The molecule has 308 valence electrons. The molecule has 4 heteroatoms. The van der Waals surface area contributed by atoms with Gasteiger partial charge in [0.1, 0.15) is 0 Å². The highest BCUT2D eigenvalue weighted by Crippen LogP contribution is 2.16. The van der Waals surface area contributed by atoms with Gasteiger partial charge in [-0.1, -0.05) is 231 Å². The number of nitrogens with one attached hydrogen (secondary N) is 1. The molecule has 0 aromatic heterocycles. The molecule has 0 radical (unpaired) electrons. The molecule has 2 unspecified atom stereocenters. The summed E-state index contributed by atoms with van der Waals surface area (Å²) in [6.07, 6.45) is 57.3. The second kappa shape index (κ2) is 44.3. The van der Waals surface area contributed by atoms with Crippen LogP contribution >= 0.6 is 0 Å². The van der Waals surface area contributed by atoms with Gasteiger partial charge in [-0.3, -0.25) is 4.79 Å². The van der Waals surface area contributed by atoms with Crippen molar-refractivity contribution in [2.45, 2.75) is 270 Å². The van der Waals surface area contributed by atoms with E-state index in [1.54, 1.807) is 6.08 Å². The van der Waals surface area contributed by atoms with Crippen LogP contribution in [-0.2, 0) is 4.79 Å². The maximum absolute atomic E-state index is 12.4. The van der Waals surface area contributed by atoms with E-state index in [4.69, 9.17) is 0 Å². The third kappa shape index (κ3) is 40.1. The Labute approximate surface area is 326 Å². The Morgan fingerprint density at radius 2 is 0.731 bits per heavy atom. The number of rotatable bonds is 43. The normalized spacial score (nSPS) is 13.1. The highest BCUT2D eigenvalue weighted by Gasteiger charge is 2.17. The van der Waals surface area contributed by atoms with E-state index >= 15 is 0 Å². The van der Waals surface area contributed by atoms with Gasteiger partial charge < -0.3 is 15.5 Å². The lowest BCUT2D eigenvalue weighted by Crippen LogP contribution is -2.45. The smallest absolute Gasteiger partial charge is 0.220 e. The molecule has 0 rings (SSSR count). The fourth-order valence-corrected chi connectivity index (χ4v) is 7.29. The van der Waals surface area contributed by atoms with Crippen molar-refractivity contribution in [3.05, 3.63) is 24.3 Å². The molecule has 2 atom stereocenters. The summed E-state index contributed by atoms with van der Waals surface area (Å²) in [7, 11) is 0. The molecule has 0 spiro atoms. The largest absolute Gasteiger partial charge is 0.394 e.